The minimum Gasteiger partial charge on any atom is -0.370 e. The Bertz CT molecular complexity index is 502. The summed E-state index contributed by atoms with van der Waals surface area (Å²) in [4.78, 5) is 7.14. The van der Waals surface area contributed by atoms with Crippen LogP contribution in [0.2, 0.25) is 0 Å². The van der Waals surface area contributed by atoms with Crippen molar-refractivity contribution < 1.29 is 0 Å². The van der Waals surface area contributed by atoms with Gasteiger partial charge in [-0.25, -0.2) is 0 Å². The maximum absolute atomic E-state index is 6.07. The molecule has 0 aliphatic carbocycles. The number of rotatable bonds is 5. The van der Waals surface area contributed by atoms with Crippen molar-refractivity contribution in [1.29, 1.82) is 0 Å². The van der Waals surface area contributed by atoms with Crippen molar-refractivity contribution in [3.63, 3.8) is 0 Å². The van der Waals surface area contributed by atoms with Crippen LogP contribution in [0.5, 0.6) is 0 Å². The van der Waals surface area contributed by atoms with Crippen molar-refractivity contribution in [2.24, 2.45) is 16.6 Å². The van der Waals surface area contributed by atoms with Crippen LogP contribution in [0.25, 0.3) is 0 Å². The number of aliphatic imine (C=N–C) groups is 1. The Kier molecular flexibility index (Phi) is 8.33. The molecule has 1 atom stereocenters. The lowest BCUT2D eigenvalue weighted by atomic mass is 10.0. The average Bonchev–Trinajstić information content (AvgIpc) is 2.91. The van der Waals surface area contributed by atoms with Crippen LogP contribution in [0.15, 0.2) is 23.2 Å². The van der Waals surface area contributed by atoms with Crippen LogP contribution in [-0.4, -0.2) is 36.5 Å². The van der Waals surface area contributed by atoms with Crippen molar-refractivity contribution in [3.8, 4) is 0 Å². The van der Waals surface area contributed by atoms with E-state index in [1.807, 2.05) is 0 Å². The van der Waals surface area contributed by atoms with Gasteiger partial charge >= 0.3 is 0 Å². The Hall–Kier alpha value is -0.820. The molecule has 130 valence electrons. The Balaban J connectivity index is 0.00000264. The number of aryl methyl sites for hydroxylation is 2. The number of benzene rings is 1. The fraction of sp³-hybridized carbons (Fsp3) is 0.611. The van der Waals surface area contributed by atoms with E-state index in [1.165, 1.54) is 37.1 Å². The van der Waals surface area contributed by atoms with Crippen molar-refractivity contribution in [2.45, 2.75) is 46.6 Å². The second-order valence-corrected chi connectivity index (χ2v) is 6.78. The second kappa shape index (κ2) is 9.47. The molecule has 5 heteroatoms. The Morgan fingerprint density at radius 1 is 1.17 bits per heavy atom. The lowest BCUT2D eigenvalue weighted by molar-refractivity contribution is 0.198. The first-order valence-electron chi connectivity index (χ1n) is 8.35. The van der Waals surface area contributed by atoms with Crippen molar-refractivity contribution in [1.82, 2.24) is 4.90 Å². The third-order valence-corrected chi connectivity index (χ3v) is 4.32. The van der Waals surface area contributed by atoms with E-state index in [9.17, 15) is 0 Å². The number of anilines is 1. The molecule has 1 aromatic rings. The van der Waals surface area contributed by atoms with Crippen LogP contribution in [0.4, 0.5) is 5.69 Å². The molecular formula is C18H31IN4. The monoisotopic (exact) mass is 430 g/mol. The van der Waals surface area contributed by atoms with Gasteiger partial charge in [0.15, 0.2) is 5.96 Å². The smallest absolute Gasteiger partial charge is 0.193 e. The van der Waals surface area contributed by atoms with Crippen molar-refractivity contribution >= 4 is 35.6 Å². The van der Waals surface area contributed by atoms with Gasteiger partial charge in [0.2, 0.25) is 0 Å². The van der Waals surface area contributed by atoms with Gasteiger partial charge in [0.1, 0.15) is 0 Å². The predicted octanol–water partition coefficient (Wildman–Crippen LogP) is 3.77. The molecule has 0 radical (unpaired) electrons. The van der Waals surface area contributed by atoms with E-state index in [2.05, 4.69) is 61.1 Å². The fourth-order valence-corrected chi connectivity index (χ4v) is 3.25. The molecule has 0 amide bonds. The number of nitrogens with zero attached hydrogens (tertiary/aromatic N) is 2. The molecule has 23 heavy (non-hydrogen) atoms. The van der Waals surface area contributed by atoms with E-state index in [1.54, 1.807) is 0 Å². The van der Waals surface area contributed by atoms with Crippen LogP contribution in [0, 0.1) is 19.8 Å². The molecule has 1 heterocycles. The quantitative estimate of drug-likeness (QED) is 0.425. The first-order valence-corrected chi connectivity index (χ1v) is 8.35. The van der Waals surface area contributed by atoms with E-state index in [0.717, 1.165) is 12.2 Å². The van der Waals surface area contributed by atoms with Crippen LogP contribution in [-0.2, 0) is 0 Å². The molecule has 1 aliphatic rings. The predicted molar refractivity (Wildman–Crippen MR) is 111 cm³/mol. The third kappa shape index (κ3) is 6.30. The zero-order valence-electron chi connectivity index (χ0n) is 14.8. The average molecular weight is 430 g/mol. The SMILES string of the molecule is Cc1cc(C)cc(NC(N)=NCC(C(C)C)N2CCCC2)c1.I. The first-order chi connectivity index (χ1) is 10.5. The number of nitrogens with one attached hydrogen (secondary N) is 1. The summed E-state index contributed by atoms with van der Waals surface area (Å²) in [5.74, 6) is 1.10. The van der Waals surface area contributed by atoms with Gasteiger partial charge in [0, 0.05) is 11.7 Å². The number of likely N-dealkylation sites (tertiary alicyclic amines) is 1. The third-order valence-electron chi connectivity index (χ3n) is 4.32. The van der Waals surface area contributed by atoms with Gasteiger partial charge in [-0.3, -0.25) is 9.89 Å². The summed E-state index contributed by atoms with van der Waals surface area (Å²) in [6, 6.07) is 6.83. The van der Waals surface area contributed by atoms with Crippen LogP contribution >= 0.6 is 24.0 Å². The van der Waals surface area contributed by atoms with Gasteiger partial charge in [-0.05, 0) is 69.0 Å². The number of hydrogen-bond donors (Lipinski definition) is 2. The van der Waals surface area contributed by atoms with Crippen LogP contribution in [0.1, 0.15) is 37.8 Å². The summed E-state index contributed by atoms with van der Waals surface area (Å²) >= 11 is 0. The van der Waals surface area contributed by atoms with Gasteiger partial charge in [0.05, 0.1) is 6.54 Å². The molecule has 1 aliphatic heterocycles. The van der Waals surface area contributed by atoms with Gasteiger partial charge in [-0.2, -0.15) is 0 Å². The van der Waals surface area contributed by atoms with Crippen molar-refractivity contribution in [3.05, 3.63) is 29.3 Å². The summed E-state index contributed by atoms with van der Waals surface area (Å²) in [5.41, 5.74) is 9.55. The molecule has 0 spiro atoms. The van der Waals surface area contributed by atoms with E-state index >= 15 is 0 Å². The number of guanidine groups is 1. The Morgan fingerprint density at radius 2 is 1.74 bits per heavy atom. The molecule has 0 bridgehead atoms. The summed E-state index contributed by atoms with van der Waals surface area (Å²) in [7, 11) is 0. The molecule has 2 rings (SSSR count). The summed E-state index contributed by atoms with van der Waals surface area (Å²) in [6.45, 7) is 11.9. The number of halogens is 1. The standard InChI is InChI=1S/C18H30N4.HI/c1-13(2)17(22-7-5-6-8-22)12-20-18(19)21-16-10-14(3)9-15(4)11-16;/h9-11,13,17H,5-8,12H2,1-4H3,(H3,19,20,21);1H. The molecule has 0 aromatic heterocycles. The van der Waals surface area contributed by atoms with E-state index in [4.69, 9.17) is 5.73 Å². The number of hydrogen-bond acceptors (Lipinski definition) is 2. The molecule has 0 saturated carbocycles. The lowest BCUT2D eigenvalue weighted by Crippen LogP contribution is -2.40. The molecule has 3 N–H and O–H groups in total. The molecular weight excluding hydrogens is 399 g/mol. The summed E-state index contributed by atoms with van der Waals surface area (Å²) in [5, 5.41) is 3.22. The molecule has 1 saturated heterocycles. The maximum atomic E-state index is 6.07. The van der Waals surface area contributed by atoms with Gasteiger partial charge in [0.25, 0.3) is 0 Å². The maximum Gasteiger partial charge on any atom is 0.193 e. The topological polar surface area (TPSA) is 53.6 Å². The molecule has 1 aromatic carbocycles. The largest absolute Gasteiger partial charge is 0.370 e. The molecule has 4 nitrogen and oxygen atoms in total. The zero-order chi connectivity index (χ0) is 16.1. The highest BCUT2D eigenvalue weighted by molar-refractivity contribution is 14.0. The van der Waals surface area contributed by atoms with Gasteiger partial charge in [-0.1, -0.05) is 19.9 Å². The Morgan fingerprint density at radius 3 is 2.26 bits per heavy atom. The second-order valence-electron chi connectivity index (χ2n) is 6.78. The van der Waals surface area contributed by atoms with E-state index in [0.29, 0.717) is 17.9 Å². The highest BCUT2D eigenvalue weighted by Gasteiger charge is 2.24. The Labute approximate surface area is 157 Å². The highest BCUT2D eigenvalue weighted by Crippen LogP contribution is 2.18. The highest BCUT2D eigenvalue weighted by atomic mass is 127. The first kappa shape index (κ1) is 20.2. The van der Waals surface area contributed by atoms with Crippen molar-refractivity contribution in [2.75, 3.05) is 25.0 Å². The summed E-state index contributed by atoms with van der Waals surface area (Å²) < 4.78 is 0. The normalized spacial score (nSPS) is 17.2. The minimum absolute atomic E-state index is 0. The minimum atomic E-state index is 0. The lowest BCUT2D eigenvalue weighted by Gasteiger charge is -2.29. The van der Waals surface area contributed by atoms with E-state index < -0.39 is 0 Å². The van der Waals surface area contributed by atoms with E-state index in [-0.39, 0.29) is 24.0 Å². The molecule has 1 fully saturated rings. The van der Waals surface area contributed by atoms with Crippen LogP contribution in [0.3, 0.4) is 0 Å². The van der Waals surface area contributed by atoms with Crippen LogP contribution < -0.4 is 11.1 Å². The van der Waals surface area contributed by atoms with Gasteiger partial charge < -0.3 is 11.1 Å². The fourth-order valence-electron chi connectivity index (χ4n) is 3.25. The van der Waals surface area contributed by atoms with Gasteiger partial charge in [-0.15, -0.1) is 24.0 Å². The number of nitrogens with two attached hydrogens (primary N) is 1. The summed E-state index contributed by atoms with van der Waals surface area (Å²) in [6.07, 6.45) is 2.62. The zero-order valence-corrected chi connectivity index (χ0v) is 17.1. The molecule has 1 unspecified atom stereocenters.